The molecule has 45 heavy (non-hydrogen) atoms. The van der Waals surface area contributed by atoms with Crippen LogP contribution < -0.4 is 5.32 Å². The van der Waals surface area contributed by atoms with E-state index >= 15 is 0 Å². The number of phenolic OH excluding ortho intramolecular Hbond substituents is 2. The van der Waals surface area contributed by atoms with Crippen molar-refractivity contribution in [2.24, 2.45) is 16.5 Å². The molecule has 1 aromatic carbocycles. The predicted molar refractivity (Wildman–Crippen MR) is 164 cm³/mol. The summed E-state index contributed by atoms with van der Waals surface area (Å²) < 4.78 is 23.0. The molecule has 252 valence electrons. The molecule has 0 aromatic heterocycles. The van der Waals surface area contributed by atoms with Gasteiger partial charge in [0.15, 0.2) is 12.3 Å². The monoisotopic (exact) mass is 636 g/mol. The first-order valence-electron chi connectivity index (χ1n) is 14.9. The molecule has 5 N–H and O–H groups in total. The average molecular weight is 637 g/mol. The molecule has 8 atom stereocenters. The SMILES string of the molecule is C=C(C)C[C@H](OC)[C@H](O)C(=O)N[C@@H](OC)[C@@H]1CC(=NOC)C(C)(C)[C@@H](C[C@H](O)[C@@H](C)[C@H]2Cc3c(C)c(O)cc(O)c3C(=O)O2)O1. The van der Waals surface area contributed by atoms with Gasteiger partial charge in [0.1, 0.15) is 36.4 Å². The molecule has 13 heteroatoms. The van der Waals surface area contributed by atoms with E-state index in [4.69, 9.17) is 23.8 Å². The Balaban J connectivity index is 1.80. The van der Waals surface area contributed by atoms with Crippen molar-refractivity contribution in [2.45, 2.75) is 103 Å². The number of aliphatic hydroxyl groups excluding tert-OH is 2. The lowest BCUT2D eigenvalue weighted by Gasteiger charge is -2.46. The van der Waals surface area contributed by atoms with Crippen molar-refractivity contribution in [1.29, 1.82) is 0 Å². The maximum Gasteiger partial charge on any atom is 0.342 e. The zero-order valence-corrected chi connectivity index (χ0v) is 27.3. The van der Waals surface area contributed by atoms with Crippen molar-refractivity contribution >= 4 is 17.6 Å². The Kier molecular flexibility index (Phi) is 12.0. The van der Waals surface area contributed by atoms with Gasteiger partial charge in [0, 0.05) is 50.9 Å². The number of ether oxygens (including phenoxy) is 4. The van der Waals surface area contributed by atoms with Gasteiger partial charge in [-0.25, -0.2) is 4.79 Å². The lowest BCUT2D eigenvalue weighted by molar-refractivity contribution is -0.161. The second kappa shape index (κ2) is 14.9. The van der Waals surface area contributed by atoms with E-state index < -0.39 is 66.1 Å². The number of nitrogens with one attached hydrogen (secondary N) is 1. The normalized spacial score (nSPS) is 25.3. The third kappa shape index (κ3) is 7.95. The van der Waals surface area contributed by atoms with Crippen LogP contribution in [0.25, 0.3) is 0 Å². The van der Waals surface area contributed by atoms with Gasteiger partial charge in [0.25, 0.3) is 5.91 Å². The average Bonchev–Trinajstić information content (AvgIpc) is 2.98. The summed E-state index contributed by atoms with van der Waals surface area (Å²) in [5.74, 6) is -2.52. The number of nitrogens with zero attached hydrogens (tertiary/aromatic N) is 1. The van der Waals surface area contributed by atoms with Crippen molar-refractivity contribution in [1.82, 2.24) is 5.32 Å². The number of hydrogen-bond acceptors (Lipinski definition) is 12. The van der Waals surface area contributed by atoms with E-state index in [2.05, 4.69) is 17.1 Å². The molecule has 2 heterocycles. The Morgan fingerprint density at radius 1 is 1.16 bits per heavy atom. The number of cyclic esters (lactones) is 1. The summed E-state index contributed by atoms with van der Waals surface area (Å²) in [5, 5.41) is 49.5. The molecule has 0 radical (unpaired) electrons. The number of rotatable bonds is 13. The number of methoxy groups -OCH3 is 2. The molecule has 0 aliphatic carbocycles. The fraction of sp³-hybridized carbons (Fsp3) is 0.656. The minimum Gasteiger partial charge on any atom is -0.508 e. The summed E-state index contributed by atoms with van der Waals surface area (Å²) in [7, 11) is 4.22. The summed E-state index contributed by atoms with van der Waals surface area (Å²) in [6, 6.07) is 1.11. The zero-order chi connectivity index (χ0) is 33.8. The number of aliphatic hydroxyl groups is 2. The Morgan fingerprint density at radius 2 is 1.82 bits per heavy atom. The molecule has 0 unspecified atom stereocenters. The molecular formula is C32H48N2O11. The highest BCUT2D eigenvalue weighted by atomic mass is 16.6. The van der Waals surface area contributed by atoms with Gasteiger partial charge in [-0.2, -0.15) is 0 Å². The highest BCUT2D eigenvalue weighted by Crippen LogP contribution is 2.41. The van der Waals surface area contributed by atoms with Gasteiger partial charge in [-0.05, 0) is 31.4 Å². The molecule has 0 bridgehead atoms. The molecule has 1 saturated heterocycles. The number of oxime groups is 1. The van der Waals surface area contributed by atoms with Gasteiger partial charge in [0.05, 0.1) is 24.0 Å². The summed E-state index contributed by atoms with van der Waals surface area (Å²) in [6.07, 6.45) is -5.70. The van der Waals surface area contributed by atoms with Crippen molar-refractivity contribution < 1.29 is 53.8 Å². The van der Waals surface area contributed by atoms with E-state index in [0.717, 1.165) is 11.6 Å². The molecule has 1 amide bonds. The first-order chi connectivity index (χ1) is 21.1. The number of benzene rings is 1. The van der Waals surface area contributed by atoms with Gasteiger partial charge < -0.3 is 49.5 Å². The van der Waals surface area contributed by atoms with Crippen LogP contribution >= 0.6 is 0 Å². The number of carbonyl (C=O) groups is 2. The number of amides is 1. The Morgan fingerprint density at radius 3 is 2.40 bits per heavy atom. The van der Waals surface area contributed by atoms with E-state index in [-0.39, 0.29) is 42.7 Å². The van der Waals surface area contributed by atoms with Crippen LogP contribution in [0, 0.1) is 18.3 Å². The molecule has 0 saturated carbocycles. The Bertz CT molecular complexity index is 1280. The van der Waals surface area contributed by atoms with Crippen LogP contribution in [0.15, 0.2) is 23.4 Å². The predicted octanol–water partition coefficient (Wildman–Crippen LogP) is 2.49. The molecular weight excluding hydrogens is 588 g/mol. The minimum absolute atomic E-state index is 0.0115. The van der Waals surface area contributed by atoms with E-state index in [0.29, 0.717) is 16.8 Å². The molecule has 3 rings (SSSR count). The van der Waals surface area contributed by atoms with Crippen LogP contribution in [0.1, 0.15) is 68.4 Å². The van der Waals surface area contributed by atoms with E-state index in [1.54, 1.807) is 20.8 Å². The maximum atomic E-state index is 13.0. The minimum atomic E-state index is -1.49. The number of esters is 1. The molecule has 2 aliphatic rings. The summed E-state index contributed by atoms with van der Waals surface area (Å²) in [5.41, 5.74) is 1.57. The smallest absolute Gasteiger partial charge is 0.342 e. The number of fused-ring (bicyclic) bond motifs is 1. The second-order valence-electron chi connectivity index (χ2n) is 12.6. The topological polar surface area (TPSA) is 186 Å². The Labute approximate surface area is 264 Å². The maximum absolute atomic E-state index is 13.0. The summed E-state index contributed by atoms with van der Waals surface area (Å²) >= 11 is 0. The number of phenols is 2. The number of hydrogen-bond donors (Lipinski definition) is 5. The van der Waals surface area contributed by atoms with Gasteiger partial charge in [-0.3, -0.25) is 4.79 Å². The highest BCUT2D eigenvalue weighted by Gasteiger charge is 2.48. The van der Waals surface area contributed by atoms with Crippen LogP contribution in [0.5, 0.6) is 11.5 Å². The van der Waals surface area contributed by atoms with Crippen LogP contribution in [0.2, 0.25) is 0 Å². The summed E-state index contributed by atoms with van der Waals surface area (Å²) in [6.45, 7) is 12.8. The van der Waals surface area contributed by atoms with Crippen LogP contribution in [-0.2, 0) is 35.0 Å². The second-order valence-corrected chi connectivity index (χ2v) is 12.6. The van der Waals surface area contributed by atoms with Crippen molar-refractivity contribution in [3.63, 3.8) is 0 Å². The highest BCUT2D eigenvalue weighted by molar-refractivity contribution is 5.96. The van der Waals surface area contributed by atoms with E-state index in [1.165, 1.54) is 21.3 Å². The van der Waals surface area contributed by atoms with Crippen molar-refractivity contribution in [3.8, 4) is 11.5 Å². The first kappa shape index (κ1) is 36.2. The Hall–Kier alpha value is -3.23. The van der Waals surface area contributed by atoms with Gasteiger partial charge >= 0.3 is 5.97 Å². The van der Waals surface area contributed by atoms with Gasteiger partial charge in [-0.15, -0.1) is 6.58 Å². The first-order valence-corrected chi connectivity index (χ1v) is 14.9. The third-order valence-electron chi connectivity index (χ3n) is 9.02. The molecule has 1 aromatic rings. The van der Waals surface area contributed by atoms with Crippen molar-refractivity contribution in [2.75, 3.05) is 21.3 Å². The van der Waals surface area contributed by atoms with E-state index in [1.807, 2.05) is 13.8 Å². The largest absolute Gasteiger partial charge is 0.508 e. The third-order valence-corrected chi connectivity index (χ3v) is 9.02. The molecule has 1 fully saturated rings. The zero-order valence-electron chi connectivity index (χ0n) is 27.3. The summed E-state index contributed by atoms with van der Waals surface area (Å²) in [4.78, 5) is 31.0. The van der Waals surface area contributed by atoms with Crippen molar-refractivity contribution in [3.05, 3.63) is 34.9 Å². The van der Waals surface area contributed by atoms with E-state index in [9.17, 15) is 30.0 Å². The standard InChI is InChI=1S/C32H48N2O11/c1-15(2)10-23(41-7)28(38)29(39)33-30(42-8)24-14-25(34-43-9)32(5,6)26(44-24)13-20(36)17(4)22-11-18-16(3)19(35)12-21(37)27(18)31(40)45-22/h12,17,20,22-24,26,28,30,35-38H,1,10-11,13-14H2,2-9H3,(H,33,39)/t17-,20+,22-,23+,24+,26-,28+,30+/m1/s1. The lowest BCUT2D eigenvalue weighted by Crippen LogP contribution is -2.58. The fourth-order valence-electron chi connectivity index (χ4n) is 5.93. The molecule has 13 nitrogen and oxygen atoms in total. The lowest BCUT2D eigenvalue weighted by atomic mass is 9.73. The van der Waals surface area contributed by atoms with Gasteiger partial charge in [-0.1, -0.05) is 31.5 Å². The molecule has 2 aliphatic heterocycles. The quantitative estimate of drug-likeness (QED) is 0.0927. The van der Waals surface area contributed by atoms with Gasteiger partial charge in [0.2, 0.25) is 0 Å². The number of aromatic hydroxyl groups is 2. The van der Waals surface area contributed by atoms with Crippen LogP contribution in [-0.4, -0.2) is 102 Å². The van der Waals surface area contributed by atoms with Crippen LogP contribution in [0.4, 0.5) is 0 Å². The van der Waals surface area contributed by atoms with Crippen LogP contribution in [0.3, 0.4) is 0 Å². The molecule has 0 spiro atoms. The number of carbonyl (C=O) groups excluding carboxylic acids is 2. The fourth-order valence-corrected chi connectivity index (χ4v) is 5.93.